The number of benzene rings is 1. The van der Waals surface area contributed by atoms with Crippen LogP contribution in [0, 0.1) is 0 Å². The Balaban J connectivity index is 2.77. The summed E-state index contributed by atoms with van der Waals surface area (Å²) in [5, 5.41) is 12.2. The van der Waals surface area contributed by atoms with E-state index in [1.807, 2.05) is 13.8 Å². The van der Waals surface area contributed by atoms with Crippen molar-refractivity contribution in [2.24, 2.45) is 5.73 Å². The molecule has 1 aromatic carbocycles. The Morgan fingerprint density at radius 1 is 1.40 bits per heavy atom. The van der Waals surface area contributed by atoms with Gasteiger partial charge in [-0.2, -0.15) is 0 Å². The van der Waals surface area contributed by atoms with Crippen molar-refractivity contribution in [1.29, 1.82) is 0 Å². The van der Waals surface area contributed by atoms with E-state index in [2.05, 4.69) is 5.32 Å². The third-order valence-corrected chi connectivity index (χ3v) is 2.05. The summed E-state index contributed by atoms with van der Waals surface area (Å²) in [5.41, 5.74) is 6.06. The van der Waals surface area contributed by atoms with Crippen LogP contribution in [0.1, 0.15) is 24.2 Å². The molecule has 0 bridgehead atoms. The predicted molar refractivity (Wildman–Crippen MR) is 59.7 cm³/mol. The molecule has 0 atom stereocenters. The highest BCUT2D eigenvalue weighted by molar-refractivity contribution is 5.93. The lowest BCUT2D eigenvalue weighted by atomic mass is 10.1. The Hall–Kier alpha value is -1.55. The fourth-order valence-electron chi connectivity index (χ4n) is 1.15. The molecule has 0 saturated carbocycles. The molecule has 0 fully saturated rings. The molecule has 15 heavy (non-hydrogen) atoms. The number of amides is 1. The summed E-state index contributed by atoms with van der Waals surface area (Å²) in [5.74, 6) is -0.442. The first-order valence-corrected chi connectivity index (χ1v) is 4.73. The topological polar surface area (TPSA) is 75.3 Å². The van der Waals surface area contributed by atoms with E-state index in [1.54, 1.807) is 24.3 Å². The van der Waals surface area contributed by atoms with Crippen LogP contribution in [0.2, 0.25) is 0 Å². The monoisotopic (exact) mass is 208 g/mol. The van der Waals surface area contributed by atoms with Crippen molar-refractivity contribution in [1.82, 2.24) is 0 Å². The maximum Gasteiger partial charge on any atom is 0.248 e. The second-order valence-corrected chi connectivity index (χ2v) is 4.11. The van der Waals surface area contributed by atoms with Gasteiger partial charge in [0.25, 0.3) is 0 Å². The minimum absolute atomic E-state index is 0.0323. The third kappa shape index (κ3) is 3.25. The molecule has 0 saturated heterocycles. The highest BCUT2D eigenvalue weighted by atomic mass is 16.3. The average Bonchev–Trinajstić information content (AvgIpc) is 2.18. The second kappa shape index (κ2) is 4.31. The Morgan fingerprint density at radius 2 is 1.93 bits per heavy atom. The lowest BCUT2D eigenvalue weighted by molar-refractivity contribution is 0.100. The molecule has 0 heterocycles. The Morgan fingerprint density at radius 3 is 2.33 bits per heavy atom. The highest BCUT2D eigenvalue weighted by Crippen LogP contribution is 2.15. The molecule has 1 rings (SSSR count). The zero-order chi connectivity index (χ0) is 11.5. The molecule has 0 aromatic heterocycles. The van der Waals surface area contributed by atoms with E-state index in [9.17, 15) is 4.79 Å². The van der Waals surface area contributed by atoms with Crippen LogP contribution in [0.4, 0.5) is 5.69 Å². The fourth-order valence-corrected chi connectivity index (χ4v) is 1.15. The van der Waals surface area contributed by atoms with E-state index < -0.39 is 5.91 Å². The van der Waals surface area contributed by atoms with E-state index in [-0.39, 0.29) is 12.1 Å². The van der Waals surface area contributed by atoms with E-state index in [4.69, 9.17) is 10.8 Å². The van der Waals surface area contributed by atoms with E-state index in [0.29, 0.717) is 5.56 Å². The fraction of sp³-hybridized carbons (Fsp3) is 0.364. The van der Waals surface area contributed by atoms with Crippen LogP contribution >= 0.6 is 0 Å². The molecule has 4 heteroatoms. The molecule has 4 N–H and O–H groups in total. The van der Waals surface area contributed by atoms with Gasteiger partial charge in [-0.25, -0.2) is 0 Å². The lowest BCUT2D eigenvalue weighted by Gasteiger charge is -2.24. The van der Waals surface area contributed by atoms with Crippen molar-refractivity contribution in [2.75, 3.05) is 11.9 Å². The number of hydrogen-bond acceptors (Lipinski definition) is 3. The summed E-state index contributed by atoms with van der Waals surface area (Å²) < 4.78 is 0. The second-order valence-electron chi connectivity index (χ2n) is 4.11. The van der Waals surface area contributed by atoms with Gasteiger partial charge in [0.15, 0.2) is 0 Å². The lowest BCUT2D eigenvalue weighted by Crippen LogP contribution is -2.34. The zero-order valence-corrected chi connectivity index (χ0v) is 8.95. The molecule has 0 unspecified atom stereocenters. The molecule has 0 aliphatic rings. The summed E-state index contributed by atoms with van der Waals surface area (Å²) in [6.07, 6.45) is 0. The molecule has 1 amide bonds. The summed E-state index contributed by atoms with van der Waals surface area (Å²) in [6.45, 7) is 3.80. The molecule has 0 aliphatic heterocycles. The van der Waals surface area contributed by atoms with Crippen molar-refractivity contribution in [2.45, 2.75) is 19.4 Å². The number of aliphatic hydroxyl groups excluding tert-OH is 1. The average molecular weight is 208 g/mol. The van der Waals surface area contributed by atoms with Crippen molar-refractivity contribution in [3.63, 3.8) is 0 Å². The standard InChI is InChI=1S/C11H16N2O2/c1-11(2,7-14)13-9-5-3-8(4-6-9)10(12)15/h3-6,13-14H,7H2,1-2H3,(H2,12,15). The van der Waals surface area contributed by atoms with Gasteiger partial charge in [0, 0.05) is 11.3 Å². The Bertz CT molecular complexity index is 344. The van der Waals surface area contributed by atoms with Crippen LogP contribution in [-0.4, -0.2) is 23.2 Å². The van der Waals surface area contributed by atoms with Gasteiger partial charge < -0.3 is 16.2 Å². The molecule has 0 aliphatic carbocycles. The molecule has 0 spiro atoms. The zero-order valence-electron chi connectivity index (χ0n) is 8.95. The molecular weight excluding hydrogens is 192 g/mol. The predicted octanol–water partition coefficient (Wildman–Crippen LogP) is 0.968. The smallest absolute Gasteiger partial charge is 0.248 e. The van der Waals surface area contributed by atoms with Gasteiger partial charge >= 0.3 is 0 Å². The van der Waals surface area contributed by atoms with Crippen molar-refractivity contribution in [3.05, 3.63) is 29.8 Å². The van der Waals surface area contributed by atoms with Gasteiger partial charge in [0.1, 0.15) is 0 Å². The third-order valence-electron chi connectivity index (χ3n) is 2.05. The number of primary amides is 1. The van der Waals surface area contributed by atoms with Crippen molar-refractivity contribution >= 4 is 11.6 Å². The molecule has 82 valence electrons. The van der Waals surface area contributed by atoms with Crippen LogP contribution in [0.3, 0.4) is 0 Å². The van der Waals surface area contributed by atoms with Crippen LogP contribution in [0.25, 0.3) is 0 Å². The number of rotatable bonds is 4. The van der Waals surface area contributed by atoms with Crippen LogP contribution in [0.5, 0.6) is 0 Å². The highest BCUT2D eigenvalue weighted by Gasteiger charge is 2.15. The van der Waals surface area contributed by atoms with Gasteiger partial charge in [-0.15, -0.1) is 0 Å². The summed E-state index contributed by atoms with van der Waals surface area (Å²) in [6, 6.07) is 6.82. The first-order valence-electron chi connectivity index (χ1n) is 4.73. The molecule has 1 aromatic rings. The van der Waals surface area contributed by atoms with E-state index in [0.717, 1.165) is 5.69 Å². The van der Waals surface area contributed by atoms with Gasteiger partial charge in [-0.05, 0) is 38.1 Å². The molecule has 0 radical (unpaired) electrons. The number of aliphatic hydroxyl groups is 1. The van der Waals surface area contributed by atoms with Gasteiger partial charge in [-0.1, -0.05) is 0 Å². The van der Waals surface area contributed by atoms with Crippen molar-refractivity contribution in [3.8, 4) is 0 Å². The molecular formula is C11H16N2O2. The van der Waals surface area contributed by atoms with E-state index in [1.165, 1.54) is 0 Å². The largest absolute Gasteiger partial charge is 0.394 e. The SMILES string of the molecule is CC(C)(CO)Nc1ccc(C(N)=O)cc1. The van der Waals surface area contributed by atoms with Gasteiger partial charge in [0.2, 0.25) is 5.91 Å². The number of nitrogens with one attached hydrogen (secondary N) is 1. The number of anilines is 1. The van der Waals surface area contributed by atoms with Crippen LogP contribution < -0.4 is 11.1 Å². The van der Waals surface area contributed by atoms with E-state index >= 15 is 0 Å². The summed E-state index contributed by atoms with van der Waals surface area (Å²) in [4.78, 5) is 10.8. The van der Waals surface area contributed by atoms with Crippen LogP contribution in [0.15, 0.2) is 24.3 Å². The minimum Gasteiger partial charge on any atom is -0.394 e. The first kappa shape index (κ1) is 11.5. The number of nitrogens with two attached hydrogens (primary N) is 1. The van der Waals surface area contributed by atoms with Gasteiger partial charge in [0.05, 0.1) is 12.1 Å². The normalized spacial score (nSPS) is 11.1. The maximum absolute atomic E-state index is 10.8. The Kier molecular flexibility index (Phi) is 3.31. The molecule has 4 nitrogen and oxygen atoms in total. The first-order chi connectivity index (χ1) is 6.94. The van der Waals surface area contributed by atoms with Crippen molar-refractivity contribution < 1.29 is 9.90 Å². The quantitative estimate of drug-likeness (QED) is 0.690. The Labute approximate surface area is 89.1 Å². The maximum atomic E-state index is 10.8. The van der Waals surface area contributed by atoms with Crippen LogP contribution in [-0.2, 0) is 0 Å². The minimum atomic E-state index is -0.442. The number of carbonyl (C=O) groups is 1. The number of hydrogen-bond donors (Lipinski definition) is 3. The van der Waals surface area contributed by atoms with Gasteiger partial charge in [-0.3, -0.25) is 4.79 Å². The summed E-state index contributed by atoms with van der Waals surface area (Å²) >= 11 is 0. The summed E-state index contributed by atoms with van der Waals surface area (Å²) in [7, 11) is 0. The number of carbonyl (C=O) groups excluding carboxylic acids is 1.